The van der Waals surface area contributed by atoms with Crippen LogP contribution in [0.15, 0.2) is 24.4 Å². The molecule has 6 nitrogen and oxygen atoms in total. The molecule has 0 bridgehead atoms. The SMILES string of the molecule is CC1OCCC1(O)CNc1nc2ccccn2n1. The number of ether oxygens (including phenoxy) is 1. The first-order valence-corrected chi connectivity index (χ1v) is 6.07. The molecule has 6 heteroatoms. The summed E-state index contributed by atoms with van der Waals surface area (Å²) < 4.78 is 7.08. The lowest BCUT2D eigenvalue weighted by atomic mass is 9.97. The third-order valence-corrected chi connectivity index (χ3v) is 3.45. The maximum atomic E-state index is 10.3. The van der Waals surface area contributed by atoms with Crippen LogP contribution in [0.1, 0.15) is 13.3 Å². The molecule has 18 heavy (non-hydrogen) atoms. The molecule has 1 saturated heterocycles. The van der Waals surface area contributed by atoms with Gasteiger partial charge in [-0.2, -0.15) is 4.98 Å². The van der Waals surface area contributed by atoms with E-state index in [2.05, 4.69) is 15.4 Å². The van der Waals surface area contributed by atoms with E-state index in [0.29, 0.717) is 25.5 Å². The highest BCUT2D eigenvalue weighted by molar-refractivity contribution is 5.42. The average molecular weight is 248 g/mol. The summed E-state index contributed by atoms with van der Waals surface area (Å²) >= 11 is 0. The molecule has 96 valence electrons. The average Bonchev–Trinajstić information content (AvgIpc) is 2.92. The predicted octanol–water partition coefficient (Wildman–Crippen LogP) is 0.681. The van der Waals surface area contributed by atoms with Crippen LogP contribution in [0.25, 0.3) is 5.65 Å². The molecule has 0 amide bonds. The molecule has 3 heterocycles. The molecular weight excluding hydrogens is 232 g/mol. The van der Waals surface area contributed by atoms with Crippen molar-refractivity contribution in [3.8, 4) is 0 Å². The standard InChI is InChI=1S/C12H16N4O2/c1-9-12(17,5-7-18-9)8-13-11-14-10-4-2-3-6-16(10)15-11/h2-4,6,9,17H,5,7-8H2,1H3,(H,13,15). The van der Waals surface area contributed by atoms with E-state index in [0.717, 1.165) is 5.65 Å². The molecular formula is C12H16N4O2. The highest BCUT2D eigenvalue weighted by Gasteiger charge is 2.39. The number of anilines is 1. The monoisotopic (exact) mass is 248 g/mol. The van der Waals surface area contributed by atoms with E-state index in [-0.39, 0.29) is 6.10 Å². The largest absolute Gasteiger partial charge is 0.385 e. The normalized spacial score (nSPS) is 27.8. The summed E-state index contributed by atoms with van der Waals surface area (Å²) in [4.78, 5) is 4.32. The maximum Gasteiger partial charge on any atom is 0.243 e. The Balaban J connectivity index is 1.73. The van der Waals surface area contributed by atoms with E-state index < -0.39 is 5.60 Å². The molecule has 2 aromatic rings. The second-order valence-corrected chi connectivity index (χ2v) is 4.66. The maximum absolute atomic E-state index is 10.3. The smallest absolute Gasteiger partial charge is 0.243 e. The van der Waals surface area contributed by atoms with Gasteiger partial charge in [-0.05, 0) is 19.1 Å². The van der Waals surface area contributed by atoms with Gasteiger partial charge >= 0.3 is 0 Å². The highest BCUT2D eigenvalue weighted by Crippen LogP contribution is 2.25. The second kappa shape index (κ2) is 4.22. The quantitative estimate of drug-likeness (QED) is 0.835. The number of fused-ring (bicyclic) bond motifs is 1. The molecule has 0 spiro atoms. The Labute approximate surface area is 105 Å². The highest BCUT2D eigenvalue weighted by atomic mass is 16.5. The molecule has 2 atom stereocenters. The van der Waals surface area contributed by atoms with Gasteiger partial charge in [0.15, 0.2) is 5.65 Å². The number of aromatic nitrogens is 3. The molecule has 1 aliphatic heterocycles. The van der Waals surface area contributed by atoms with Gasteiger partial charge in [0.05, 0.1) is 6.10 Å². The Morgan fingerprint density at radius 2 is 2.50 bits per heavy atom. The van der Waals surface area contributed by atoms with Crippen LogP contribution in [0.5, 0.6) is 0 Å². The summed E-state index contributed by atoms with van der Waals surface area (Å²) in [6.45, 7) is 2.87. The number of aliphatic hydroxyl groups is 1. The summed E-state index contributed by atoms with van der Waals surface area (Å²) in [7, 11) is 0. The topological polar surface area (TPSA) is 71.7 Å². The summed E-state index contributed by atoms with van der Waals surface area (Å²) in [5.41, 5.74) is -0.0555. The van der Waals surface area contributed by atoms with E-state index in [1.807, 2.05) is 31.3 Å². The lowest BCUT2D eigenvalue weighted by molar-refractivity contribution is -0.0176. The third kappa shape index (κ3) is 1.93. The first kappa shape index (κ1) is 11.4. The first-order chi connectivity index (χ1) is 8.67. The van der Waals surface area contributed by atoms with Crippen molar-refractivity contribution in [2.45, 2.75) is 25.0 Å². The van der Waals surface area contributed by atoms with Gasteiger partial charge in [0.25, 0.3) is 0 Å². The van der Waals surface area contributed by atoms with Crippen LogP contribution in [0.3, 0.4) is 0 Å². The minimum atomic E-state index is -0.836. The van der Waals surface area contributed by atoms with Crippen LogP contribution in [-0.4, -0.2) is 44.6 Å². The first-order valence-electron chi connectivity index (χ1n) is 6.07. The fraction of sp³-hybridized carbons (Fsp3) is 0.500. The lowest BCUT2D eigenvalue weighted by Crippen LogP contribution is -2.43. The Morgan fingerprint density at radius 1 is 1.61 bits per heavy atom. The van der Waals surface area contributed by atoms with E-state index in [1.165, 1.54) is 0 Å². The van der Waals surface area contributed by atoms with Gasteiger partial charge in [0.1, 0.15) is 5.60 Å². The fourth-order valence-electron chi connectivity index (χ4n) is 2.14. The number of rotatable bonds is 3. The molecule has 0 aromatic carbocycles. The summed E-state index contributed by atoms with van der Waals surface area (Å²) in [5.74, 6) is 0.522. The molecule has 3 rings (SSSR count). The van der Waals surface area contributed by atoms with Crippen molar-refractivity contribution in [3.63, 3.8) is 0 Å². The van der Waals surface area contributed by atoms with Gasteiger partial charge in [-0.1, -0.05) is 6.07 Å². The van der Waals surface area contributed by atoms with Gasteiger partial charge < -0.3 is 15.2 Å². The van der Waals surface area contributed by atoms with Crippen LogP contribution >= 0.6 is 0 Å². The summed E-state index contributed by atoms with van der Waals surface area (Å²) in [6, 6.07) is 5.69. The number of pyridine rings is 1. The van der Waals surface area contributed by atoms with Crippen molar-refractivity contribution in [1.29, 1.82) is 0 Å². The molecule has 1 fully saturated rings. The zero-order chi connectivity index (χ0) is 12.6. The van der Waals surface area contributed by atoms with Crippen LogP contribution in [0.4, 0.5) is 5.95 Å². The van der Waals surface area contributed by atoms with Crippen molar-refractivity contribution >= 4 is 11.6 Å². The zero-order valence-corrected chi connectivity index (χ0v) is 10.2. The molecule has 0 saturated carbocycles. The van der Waals surface area contributed by atoms with Crippen LogP contribution < -0.4 is 5.32 Å². The predicted molar refractivity (Wildman–Crippen MR) is 66.5 cm³/mol. The Bertz CT molecular complexity index is 523. The van der Waals surface area contributed by atoms with Gasteiger partial charge in [-0.15, -0.1) is 5.10 Å². The number of nitrogens with zero attached hydrogens (tertiary/aromatic N) is 3. The number of hydrogen-bond donors (Lipinski definition) is 2. The fourth-order valence-corrected chi connectivity index (χ4v) is 2.14. The Hall–Kier alpha value is -1.66. The Kier molecular flexibility index (Phi) is 2.68. The van der Waals surface area contributed by atoms with E-state index in [9.17, 15) is 5.11 Å². The van der Waals surface area contributed by atoms with Crippen molar-refractivity contribution in [3.05, 3.63) is 24.4 Å². The van der Waals surface area contributed by atoms with E-state index >= 15 is 0 Å². The van der Waals surface area contributed by atoms with Gasteiger partial charge in [-0.3, -0.25) is 0 Å². The molecule has 1 aliphatic rings. The van der Waals surface area contributed by atoms with Crippen molar-refractivity contribution in [2.75, 3.05) is 18.5 Å². The minimum Gasteiger partial charge on any atom is -0.385 e. The number of nitrogens with one attached hydrogen (secondary N) is 1. The van der Waals surface area contributed by atoms with E-state index in [4.69, 9.17) is 4.74 Å². The van der Waals surface area contributed by atoms with E-state index in [1.54, 1.807) is 4.52 Å². The van der Waals surface area contributed by atoms with Gasteiger partial charge in [-0.25, -0.2) is 4.52 Å². The van der Waals surface area contributed by atoms with Crippen molar-refractivity contribution in [1.82, 2.24) is 14.6 Å². The van der Waals surface area contributed by atoms with Crippen molar-refractivity contribution in [2.24, 2.45) is 0 Å². The lowest BCUT2D eigenvalue weighted by Gasteiger charge is -2.25. The number of hydrogen-bond acceptors (Lipinski definition) is 5. The molecule has 0 aliphatic carbocycles. The summed E-state index contributed by atoms with van der Waals surface area (Å²) in [6.07, 6.45) is 2.31. The molecule has 2 aromatic heterocycles. The van der Waals surface area contributed by atoms with Crippen LogP contribution in [0, 0.1) is 0 Å². The Morgan fingerprint density at radius 3 is 3.22 bits per heavy atom. The van der Waals surface area contributed by atoms with Gasteiger partial charge in [0.2, 0.25) is 5.95 Å². The molecule has 2 unspecified atom stereocenters. The van der Waals surface area contributed by atoms with Gasteiger partial charge in [0, 0.05) is 25.8 Å². The molecule has 0 radical (unpaired) electrons. The van der Waals surface area contributed by atoms with Crippen LogP contribution in [0.2, 0.25) is 0 Å². The molecule has 2 N–H and O–H groups in total. The third-order valence-electron chi connectivity index (χ3n) is 3.45. The second-order valence-electron chi connectivity index (χ2n) is 4.66. The minimum absolute atomic E-state index is 0.165. The summed E-state index contributed by atoms with van der Waals surface area (Å²) in [5, 5.41) is 17.7. The zero-order valence-electron chi connectivity index (χ0n) is 10.2. The van der Waals surface area contributed by atoms with Crippen LogP contribution in [-0.2, 0) is 4.74 Å². The van der Waals surface area contributed by atoms with Crippen molar-refractivity contribution < 1.29 is 9.84 Å².